The van der Waals surface area contributed by atoms with E-state index in [2.05, 4.69) is 15.6 Å². The molecule has 34 heavy (non-hydrogen) atoms. The fraction of sp³-hybridized carbons (Fsp3) is 0. The van der Waals surface area contributed by atoms with E-state index in [0.29, 0.717) is 16.8 Å². The largest absolute Gasteiger partial charge is 0.422 e. The van der Waals surface area contributed by atoms with E-state index in [1.165, 1.54) is 30.5 Å². The first-order valence-electron chi connectivity index (χ1n) is 10.4. The van der Waals surface area contributed by atoms with Crippen molar-refractivity contribution in [2.24, 2.45) is 5.10 Å². The van der Waals surface area contributed by atoms with Gasteiger partial charge in [0.25, 0.3) is 5.91 Å². The molecule has 7 nitrogen and oxygen atoms in total. The van der Waals surface area contributed by atoms with Crippen molar-refractivity contribution in [1.29, 1.82) is 0 Å². The zero-order valence-electron chi connectivity index (χ0n) is 17.7. The van der Waals surface area contributed by atoms with Crippen LogP contribution in [0.4, 0.5) is 4.39 Å². The SMILES string of the molecule is O=C(NN=Cc1cn(-c2ccccc2)nc1-c1cc2ccccc2oc1=O)c1ccc(F)cc1. The summed E-state index contributed by atoms with van der Waals surface area (Å²) in [5.41, 5.74) is 4.49. The van der Waals surface area contributed by atoms with E-state index in [9.17, 15) is 14.0 Å². The molecule has 0 spiro atoms. The number of aromatic nitrogens is 2. The minimum Gasteiger partial charge on any atom is -0.422 e. The molecule has 0 unspecified atom stereocenters. The number of nitrogens with zero attached hydrogens (tertiary/aromatic N) is 3. The summed E-state index contributed by atoms with van der Waals surface area (Å²) in [5.74, 6) is -0.939. The lowest BCUT2D eigenvalue weighted by Gasteiger charge is -2.02. The molecular formula is C26H17FN4O3. The Morgan fingerprint density at radius 1 is 1.00 bits per heavy atom. The molecule has 2 heterocycles. The fourth-order valence-electron chi connectivity index (χ4n) is 3.46. The molecule has 5 aromatic rings. The van der Waals surface area contributed by atoms with E-state index >= 15 is 0 Å². The summed E-state index contributed by atoms with van der Waals surface area (Å²) >= 11 is 0. The van der Waals surface area contributed by atoms with Crippen LogP contribution >= 0.6 is 0 Å². The van der Waals surface area contributed by atoms with Crippen molar-refractivity contribution >= 4 is 23.1 Å². The highest BCUT2D eigenvalue weighted by molar-refractivity contribution is 5.96. The minimum absolute atomic E-state index is 0.258. The Balaban J connectivity index is 1.53. The van der Waals surface area contributed by atoms with Gasteiger partial charge in [0.2, 0.25) is 0 Å². The van der Waals surface area contributed by atoms with Crippen molar-refractivity contribution in [1.82, 2.24) is 15.2 Å². The molecule has 0 fully saturated rings. The number of nitrogens with one attached hydrogen (secondary N) is 1. The summed E-state index contributed by atoms with van der Waals surface area (Å²) in [6.07, 6.45) is 3.10. The molecule has 0 radical (unpaired) electrons. The Labute approximate surface area is 192 Å². The molecular weight excluding hydrogens is 435 g/mol. The van der Waals surface area contributed by atoms with Crippen LogP contribution in [-0.2, 0) is 0 Å². The van der Waals surface area contributed by atoms with Gasteiger partial charge >= 0.3 is 5.63 Å². The highest BCUT2D eigenvalue weighted by atomic mass is 19.1. The van der Waals surface area contributed by atoms with Crippen molar-refractivity contribution in [3.63, 3.8) is 0 Å². The van der Waals surface area contributed by atoms with Gasteiger partial charge in [0, 0.05) is 22.7 Å². The molecule has 0 saturated carbocycles. The van der Waals surface area contributed by atoms with Crippen molar-refractivity contribution in [3.8, 4) is 16.9 Å². The van der Waals surface area contributed by atoms with Crippen LogP contribution in [-0.4, -0.2) is 21.9 Å². The first kappa shape index (κ1) is 21.0. The van der Waals surface area contributed by atoms with E-state index in [0.717, 1.165) is 11.1 Å². The van der Waals surface area contributed by atoms with E-state index in [1.54, 1.807) is 29.1 Å². The number of para-hydroxylation sites is 2. The van der Waals surface area contributed by atoms with Gasteiger partial charge in [0.05, 0.1) is 17.5 Å². The Hall–Kier alpha value is -4.85. The Morgan fingerprint density at radius 2 is 1.74 bits per heavy atom. The van der Waals surface area contributed by atoms with Gasteiger partial charge in [-0.15, -0.1) is 0 Å². The van der Waals surface area contributed by atoms with Gasteiger partial charge in [0.15, 0.2) is 0 Å². The van der Waals surface area contributed by atoms with E-state index in [1.807, 2.05) is 42.5 Å². The minimum atomic E-state index is -0.540. The maximum atomic E-state index is 13.1. The molecule has 5 rings (SSSR count). The first-order chi connectivity index (χ1) is 16.6. The van der Waals surface area contributed by atoms with Crippen LogP contribution in [0, 0.1) is 5.82 Å². The number of benzene rings is 3. The summed E-state index contributed by atoms with van der Waals surface area (Å²) < 4.78 is 20.2. The topological polar surface area (TPSA) is 89.5 Å². The lowest BCUT2D eigenvalue weighted by Crippen LogP contribution is -2.17. The summed E-state index contributed by atoms with van der Waals surface area (Å²) in [6, 6.07) is 23.4. The molecule has 0 aliphatic rings. The number of carbonyl (C=O) groups is 1. The smallest absolute Gasteiger partial charge is 0.345 e. The predicted octanol–water partition coefficient (Wildman–Crippen LogP) is 4.55. The van der Waals surface area contributed by atoms with Gasteiger partial charge in [-0.05, 0) is 48.5 Å². The summed E-state index contributed by atoms with van der Waals surface area (Å²) in [6.45, 7) is 0. The van der Waals surface area contributed by atoms with Crippen molar-refractivity contribution in [2.45, 2.75) is 0 Å². The van der Waals surface area contributed by atoms with Crippen molar-refractivity contribution in [2.75, 3.05) is 0 Å². The Bertz CT molecular complexity index is 1570. The monoisotopic (exact) mass is 452 g/mol. The highest BCUT2D eigenvalue weighted by Gasteiger charge is 2.16. The van der Waals surface area contributed by atoms with Gasteiger partial charge < -0.3 is 4.42 Å². The zero-order valence-corrected chi connectivity index (χ0v) is 17.7. The molecule has 0 aliphatic carbocycles. The van der Waals surface area contributed by atoms with Crippen LogP contribution in [0.2, 0.25) is 0 Å². The van der Waals surface area contributed by atoms with Crippen molar-refractivity contribution < 1.29 is 13.6 Å². The third kappa shape index (κ3) is 4.24. The predicted molar refractivity (Wildman–Crippen MR) is 127 cm³/mol. The molecule has 2 aromatic heterocycles. The summed E-state index contributed by atoms with van der Waals surface area (Å²) in [4.78, 5) is 25.1. The number of hydrazone groups is 1. The number of fused-ring (bicyclic) bond motifs is 1. The summed E-state index contributed by atoms with van der Waals surface area (Å²) in [7, 11) is 0. The molecule has 166 valence electrons. The quantitative estimate of drug-likeness (QED) is 0.241. The Morgan fingerprint density at radius 3 is 2.53 bits per heavy atom. The fourth-order valence-corrected chi connectivity index (χ4v) is 3.46. The zero-order chi connectivity index (χ0) is 23.5. The number of carbonyl (C=O) groups excluding carboxylic acids is 1. The molecule has 0 aliphatic heterocycles. The maximum Gasteiger partial charge on any atom is 0.345 e. The van der Waals surface area contributed by atoms with Gasteiger partial charge in [-0.2, -0.15) is 10.2 Å². The third-order valence-corrected chi connectivity index (χ3v) is 5.14. The van der Waals surface area contributed by atoms with Gasteiger partial charge in [-0.3, -0.25) is 4.79 Å². The second-order valence-electron chi connectivity index (χ2n) is 7.40. The van der Waals surface area contributed by atoms with E-state index in [4.69, 9.17) is 4.42 Å². The molecule has 0 bridgehead atoms. The van der Waals surface area contributed by atoms with Crippen LogP contribution in [0.1, 0.15) is 15.9 Å². The van der Waals surface area contributed by atoms with Crippen LogP contribution in [0.5, 0.6) is 0 Å². The standard InChI is InChI=1S/C26H17FN4O3/c27-20-12-10-17(11-13-20)25(32)29-28-15-19-16-31(21-7-2-1-3-8-21)30-24(19)22-14-18-6-4-5-9-23(18)34-26(22)33/h1-16H,(H,29,32). The lowest BCUT2D eigenvalue weighted by molar-refractivity contribution is 0.0955. The molecule has 3 aromatic carbocycles. The number of hydrogen-bond acceptors (Lipinski definition) is 5. The molecule has 1 N–H and O–H groups in total. The van der Waals surface area contributed by atoms with Crippen molar-refractivity contribution in [3.05, 3.63) is 118 Å². The molecule has 0 atom stereocenters. The molecule has 0 saturated heterocycles. The van der Waals surface area contributed by atoms with Crippen LogP contribution in [0.15, 0.2) is 105 Å². The average molecular weight is 452 g/mol. The number of amides is 1. The van der Waals surface area contributed by atoms with Gasteiger partial charge in [-0.1, -0.05) is 36.4 Å². The van der Waals surface area contributed by atoms with Gasteiger partial charge in [0.1, 0.15) is 17.1 Å². The molecule has 1 amide bonds. The number of halogens is 1. The summed E-state index contributed by atoms with van der Waals surface area (Å²) in [5, 5.41) is 9.37. The normalized spacial score (nSPS) is 11.2. The third-order valence-electron chi connectivity index (χ3n) is 5.14. The van der Waals surface area contributed by atoms with Crippen LogP contribution < -0.4 is 11.1 Å². The second kappa shape index (κ2) is 8.95. The van der Waals surface area contributed by atoms with E-state index in [-0.39, 0.29) is 11.1 Å². The van der Waals surface area contributed by atoms with Gasteiger partial charge in [-0.25, -0.2) is 19.3 Å². The number of hydrogen-bond donors (Lipinski definition) is 1. The van der Waals surface area contributed by atoms with Crippen LogP contribution in [0.3, 0.4) is 0 Å². The average Bonchev–Trinajstić information content (AvgIpc) is 3.28. The Kier molecular flexibility index (Phi) is 5.53. The lowest BCUT2D eigenvalue weighted by atomic mass is 10.1. The number of rotatable bonds is 5. The second-order valence-corrected chi connectivity index (χ2v) is 7.40. The molecule has 8 heteroatoms. The first-order valence-corrected chi connectivity index (χ1v) is 10.4. The highest BCUT2D eigenvalue weighted by Crippen LogP contribution is 2.23. The van der Waals surface area contributed by atoms with E-state index < -0.39 is 17.3 Å². The van der Waals surface area contributed by atoms with Crippen LogP contribution in [0.25, 0.3) is 27.9 Å². The maximum absolute atomic E-state index is 13.1.